The number of aryl methyl sites for hydroxylation is 2. The highest BCUT2D eigenvalue weighted by Crippen LogP contribution is 2.13. The number of carbonyl (C=O) groups is 1. The molecule has 0 spiro atoms. The molecular formula is C16H19N5O3. The topological polar surface area (TPSA) is 101 Å². The number of hydrogen-bond donors (Lipinski definition) is 1. The molecule has 2 aromatic heterocycles. The number of H-pyrrole nitrogens is 1. The summed E-state index contributed by atoms with van der Waals surface area (Å²) in [6.07, 6.45) is 4.23. The van der Waals surface area contributed by atoms with Gasteiger partial charge < -0.3 is 14.6 Å². The predicted molar refractivity (Wildman–Crippen MR) is 85.6 cm³/mol. The zero-order valence-corrected chi connectivity index (χ0v) is 13.4. The Morgan fingerprint density at radius 2 is 2.33 bits per heavy atom. The molecule has 3 heterocycles. The van der Waals surface area contributed by atoms with Gasteiger partial charge in [0.25, 0.3) is 11.5 Å². The number of carbonyl (C=O) groups excluding carboxylic acids is 1. The fourth-order valence-corrected chi connectivity index (χ4v) is 2.67. The van der Waals surface area contributed by atoms with Gasteiger partial charge >= 0.3 is 0 Å². The first-order valence-electron chi connectivity index (χ1n) is 7.86. The second-order valence-corrected chi connectivity index (χ2v) is 5.67. The van der Waals surface area contributed by atoms with E-state index in [0.29, 0.717) is 44.1 Å². The van der Waals surface area contributed by atoms with Crippen LogP contribution >= 0.6 is 0 Å². The first-order valence-corrected chi connectivity index (χ1v) is 7.86. The molecular weight excluding hydrogens is 310 g/mol. The molecule has 0 saturated carbocycles. The molecule has 126 valence electrons. The summed E-state index contributed by atoms with van der Waals surface area (Å²) in [6, 6.07) is 3.11. The van der Waals surface area contributed by atoms with E-state index in [2.05, 4.69) is 19.9 Å². The molecule has 1 N–H and O–H groups in total. The van der Waals surface area contributed by atoms with Gasteiger partial charge in [-0.1, -0.05) is 0 Å². The van der Waals surface area contributed by atoms with E-state index < -0.39 is 0 Å². The summed E-state index contributed by atoms with van der Waals surface area (Å²) in [5.41, 5.74) is 0.956. The van der Waals surface area contributed by atoms with Crippen molar-refractivity contribution in [3.63, 3.8) is 0 Å². The van der Waals surface area contributed by atoms with Crippen LogP contribution in [0.4, 0.5) is 0 Å². The Morgan fingerprint density at radius 3 is 3.12 bits per heavy atom. The third-order valence-corrected chi connectivity index (χ3v) is 3.88. The zero-order valence-electron chi connectivity index (χ0n) is 13.4. The number of nitrogens with one attached hydrogen (secondary N) is 1. The highest BCUT2D eigenvalue weighted by atomic mass is 16.5. The lowest BCUT2D eigenvalue weighted by molar-refractivity contribution is -0.0248. The van der Waals surface area contributed by atoms with Gasteiger partial charge in [0, 0.05) is 31.0 Å². The second kappa shape index (κ2) is 7.31. The van der Waals surface area contributed by atoms with Crippen molar-refractivity contribution in [1.82, 2.24) is 24.8 Å². The molecule has 1 aliphatic rings. The van der Waals surface area contributed by atoms with Crippen molar-refractivity contribution in [1.29, 1.82) is 0 Å². The fourth-order valence-electron chi connectivity index (χ4n) is 2.67. The van der Waals surface area contributed by atoms with Crippen molar-refractivity contribution in [3.05, 3.63) is 52.2 Å². The van der Waals surface area contributed by atoms with Gasteiger partial charge in [-0.3, -0.25) is 9.59 Å². The number of amides is 1. The van der Waals surface area contributed by atoms with Crippen LogP contribution in [0.25, 0.3) is 0 Å². The molecule has 3 rings (SSSR count). The van der Waals surface area contributed by atoms with E-state index in [4.69, 9.17) is 4.74 Å². The van der Waals surface area contributed by atoms with Crippen molar-refractivity contribution in [3.8, 4) is 0 Å². The predicted octanol–water partition coefficient (Wildman–Crippen LogP) is 0.342. The van der Waals surface area contributed by atoms with Crippen molar-refractivity contribution in [2.45, 2.75) is 25.9 Å². The van der Waals surface area contributed by atoms with Crippen LogP contribution in [-0.4, -0.2) is 56.5 Å². The Hall–Kier alpha value is -2.61. The standard InChI is InChI=1S/C16H19N5O3/c1-11-17-5-4-14(20-11)16(23)21-6-7-24-13(9-21)3-2-12-8-15(22)19-10-18-12/h4-5,8,10,13H,2-3,6-7,9H2,1H3,(H,18,19,22)/t13-/m1/s1. The summed E-state index contributed by atoms with van der Waals surface area (Å²) in [4.78, 5) is 40.4. The van der Waals surface area contributed by atoms with Crippen LogP contribution in [0.3, 0.4) is 0 Å². The van der Waals surface area contributed by atoms with E-state index >= 15 is 0 Å². The van der Waals surface area contributed by atoms with E-state index in [0.717, 1.165) is 5.69 Å². The fraction of sp³-hybridized carbons (Fsp3) is 0.438. The SMILES string of the molecule is Cc1nccc(C(=O)N2CCO[C@H](CCc3cc(=O)[nH]cn3)C2)n1. The summed E-state index contributed by atoms with van der Waals surface area (Å²) in [5.74, 6) is 0.467. The van der Waals surface area contributed by atoms with Crippen molar-refractivity contribution >= 4 is 5.91 Å². The maximum Gasteiger partial charge on any atom is 0.272 e. The molecule has 1 fully saturated rings. The number of ether oxygens (including phenoxy) is 1. The molecule has 0 bridgehead atoms. The van der Waals surface area contributed by atoms with Crippen LogP contribution in [-0.2, 0) is 11.2 Å². The van der Waals surface area contributed by atoms with E-state index in [9.17, 15) is 9.59 Å². The van der Waals surface area contributed by atoms with Crippen LogP contribution in [0, 0.1) is 6.92 Å². The molecule has 1 aliphatic heterocycles. The van der Waals surface area contributed by atoms with Gasteiger partial charge in [0.15, 0.2) is 0 Å². The van der Waals surface area contributed by atoms with Crippen LogP contribution in [0.5, 0.6) is 0 Å². The first kappa shape index (κ1) is 16.3. The molecule has 0 unspecified atom stereocenters. The van der Waals surface area contributed by atoms with Crippen LogP contribution in [0.15, 0.2) is 29.5 Å². The molecule has 0 radical (unpaired) electrons. The van der Waals surface area contributed by atoms with E-state index in [1.54, 1.807) is 24.1 Å². The van der Waals surface area contributed by atoms with Gasteiger partial charge in [-0.2, -0.15) is 0 Å². The molecule has 1 saturated heterocycles. The molecule has 24 heavy (non-hydrogen) atoms. The minimum atomic E-state index is -0.166. The second-order valence-electron chi connectivity index (χ2n) is 5.67. The van der Waals surface area contributed by atoms with Gasteiger partial charge in [0.05, 0.1) is 19.0 Å². The smallest absolute Gasteiger partial charge is 0.272 e. The molecule has 1 atom stereocenters. The molecule has 1 amide bonds. The quantitative estimate of drug-likeness (QED) is 0.868. The number of rotatable bonds is 4. The number of nitrogens with zero attached hydrogens (tertiary/aromatic N) is 4. The highest BCUT2D eigenvalue weighted by molar-refractivity contribution is 5.92. The van der Waals surface area contributed by atoms with Gasteiger partial charge in [-0.05, 0) is 25.8 Å². The first-order chi connectivity index (χ1) is 11.6. The molecule has 2 aromatic rings. The third-order valence-electron chi connectivity index (χ3n) is 3.88. The Labute approximate surface area is 138 Å². The lowest BCUT2D eigenvalue weighted by Gasteiger charge is -2.32. The van der Waals surface area contributed by atoms with E-state index in [1.807, 2.05) is 0 Å². The molecule has 0 aliphatic carbocycles. The lowest BCUT2D eigenvalue weighted by atomic mass is 10.1. The normalized spacial score (nSPS) is 17.7. The van der Waals surface area contributed by atoms with E-state index in [1.165, 1.54) is 12.4 Å². The molecule has 0 aromatic carbocycles. The number of morpholine rings is 1. The van der Waals surface area contributed by atoms with E-state index in [-0.39, 0.29) is 17.6 Å². The van der Waals surface area contributed by atoms with Gasteiger partial charge in [0.2, 0.25) is 0 Å². The van der Waals surface area contributed by atoms with Gasteiger partial charge in [-0.25, -0.2) is 15.0 Å². The largest absolute Gasteiger partial charge is 0.375 e. The third kappa shape index (κ3) is 4.02. The Morgan fingerprint density at radius 1 is 1.46 bits per heavy atom. The minimum Gasteiger partial charge on any atom is -0.375 e. The number of hydrogen-bond acceptors (Lipinski definition) is 6. The summed E-state index contributed by atoms with van der Waals surface area (Å²) >= 11 is 0. The van der Waals surface area contributed by atoms with Crippen molar-refractivity contribution in [2.75, 3.05) is 19.7 Å². The molecule has 8 heteroatoms. The van der Waals surface area contributed by atoms with Crippen molar-refractivity contribution in [2.24, 2.45) is 0 Å². The average molecular weight is 329 g/mol. The van der Waals surface area contributed by atoms with Crippen LogP contribution in [0.2, 0.25) is 0 Å². The summed E-state index contributed by atoms with van der Waals surface area (Å²) in [5, 5.41) is 0. The van der Waals surface area contributed by atoms with Gasteiger partial charge in [-0.15, -0.1) is 0 Å². The highest BCUT2D eigenvalue weighted by Gasteiger charge is 2.25. The zero-order chi connectivity index (χ0) is 16.9. The summed E-state index contributed by atoms with van der Waals surface area (Å²) in [6.45, 7) is 3.30. The van der Waals surface area contributed by atoms with Crippen LogP contribution < -0.4 is 5.56 Å². The summed E-state index contributed by atoms with van der Waals surface area (Å²) < 4.78 is 5.73. The lowest BCUT2D eigenvalue weighted by Crippen LogP contribution is -2.46. The minimum absolute atomic E-state index is 0.0771. The number of aromatic nitrogens is 4. The van der Waals surface area contributed by atoms with Crippen LogP contribution in [0.1, 0.15) is 28.4 Å². The Kier molecular flexibility index (Phi) is 4.95. The maximum atomic E-state index is 12.5. The Balaban J connectivity index is 1.60. The maximum absolute atomic E-state index is 12.5. The van der Waals surface area contributed by atoms with Crippen molar-refractivity contribution < 1.29 is 9.53 Å². The monoisotopic (exact) mass is 329 g/mol. The number of aromatic amines is 1. The van der Waals surface area contributed by atoms with Gasteiger partial charge in [0.1, 0.15) is 11.5 Å². The Bertz CT molecular complexity index is 776. The average Bonchev–Trinajstić information content (AvgIpc) is 2.60. The molecule has 8 nitrogen and oxygen atoms in total. The summed E-state index contributed by atoms with van der Waals surface area (Å²) in [7, 11) is 0.